The first-order valence-corrected chi connectivity index (χ1v) is 13.1. The molecule has 0 bridgehead atoms. The monoisotopic (exact) mass is 504 g/mol. The van der Waals surface area contributed by atoms with E-state index in [1.54, 1.807) is 23.9 Å². The number of anilines is 2. The van der Waals surface area contributed by atoms with Gasteiger partial charge in [-0.3, -0.25) is 9.52 Å². The van der Waals surface area contributed by atoms with Gasteiger partial charge < -0.3 is 10.1 Å². The zero-order valence-corrected chi connectivity index (χ0v) is 20.6. The van der Waals surface area contributed by atoms with Crippen molar-refractivity contribution in [3.8, 4) is 5.75 Å². The van der Waals surface area contributed by atoms with Gasteiger partial charge in [-0.05, 0) is 67.6 Å². The lowest BCUT2D eigenvalue weighted by molar-refractivity contribution is -0.118. The van der Waals surface area contributed by atoms with E-state index in [-0.39, 0.29) is 17.4 Å². The number of para-hydroxylation sites is 1. The van der Waals surface area contributed by atoms with Crippen LogP contribution in [-0.2, 0) is 14.8 Å². The fourth-order valence-corrected chi connectivity index (χ4v) is 5.14. The quantitative estimate of drug-likeness (QED) is 0.294. The summed E-state index contributed by atoms with van der Waals surface area (Å²) < 4.78 is 33.3. The lowest BCUT2D eigenvalue weighted by Crippen LogP contribution is -2.20. The van der Waals surface area contributed by atoms with Gasteiger partial charge in [0, 0.05) is 15.5 Å². The molecule has 0 aliphatic carbocycles. The molecule has 0 aromatic heterocycles. The summed E-state index contributed by atoms with van der Waals surface area (Å²) in [5.41, 5.74) is 2.22. The van der Waals surface area contributed by atoms with Crippen molar-refractivity contribution >= 4 is 39.1 Å². The van der Waals surface area contributed by atoms with Gasteiger partial charge in [0.15, 0.2) is 6.61 Å². The molecule has 0 aliphatic heterocycles. The molecular weight excluding hydrogens is 480 g/mol. The van der Waals surface area contributed by atoms with E-state index in [9.17, 15) is 13.2 Å². The molecule has 6 nitrogen and oxygen atoms in total. The Kier molecular flexibility index (Phi) is 7.74. The second-order valence-corrected chi connectivity index (χ2v) is 10.5. The second kappa shape index (κ2) is 11.1. The van der Waals surface area contributed by atoms with E-state index in [0.717, 1.165) is 15.4 Å². The second-order valence-electron chi connectivity index (χ2n) is 7.69. The standard InChI is InChI=1S/C27H24N2O4S2/c1-20-11-13-21(14-12-20)29-35(31,32)24-17-15-22(16-18-24)33-19-27(30)28-25-9-5-6-10-26(25)34-23-7-3-2-4-8-23/h2-18,29H,19H2,1H3,(H,28,30). The van der Waals surface area contributed by atoms with E-state index < -0.39 is 10.0 Å². The zero-order chi connectivity index (χ0) is 24.7. The van der Waals surface area contributed by atoms with Crippen molar-refractivity contribution in [2.24, 2.45) is 0 Å². The summed E-state index contributed by atoms with van der Waals surface area (Å²) in [5, 5.41) is 2.88. The molecule has 0 spiro atoms. The van der Waals surface area contributed by atoms with Crippen LogP contribution >= 0.6 is 11.8 Å². The highest BCUT2D eigenvalue weighted by molar-refractivity contribution is 7.99. The predicted octanol–water partition coefficient (Wildman–Crippen LogP) is 5.96. The van der Waals surface area contributed by atoms with Crippen LogP contribution in [0.4, 0.5) is 11.4 Å². The van der Waals surface area contributed by atoms with Crippen LogP contribution in [0.25, 0.3) is 0 Å². The highest BCUT2D eigenvalue weighted by Crippen LogP contribution is 2.33. The Labute approximate surface area is 209 Å². The molecule has 0 fully saturated rings. The molecule has 0 aliphatic rings. The maximum absolute atomic E-state index is 12.6. The van der Waals surface area contributed by atoms with Gasteiger partial charge >= 0.3 is 0 Å². The van der Waals surface area contributed by atoms with Gasteiger partial charge in [0.05, 0.1) is 10.6 Å². The van der Waals surface area contributed by atoms with Crippen molar-refractivity contribution in [3.63, 3.8) is 0 Å². The fraction of sp³-hybridized carbons (Fsp3) is 0.0741. The molecular formula is C27H24N2O4S2. The van der Waals surface area contributed by atoms with Gasteiger partial charge in [-0.25, -0.2) is 8.42 Å². The number of rotatable bonds is 9. The summed E-state index contributed by atoms with van der Waals surface area (Å²) in [7, 11) is -3.73. The minimum absolute atomic E-state index is 0.0988. The van der Waals surface area contributed by atoms with Crippen LogP contribution in [0.5, 0.6) is 5.75 Å². The average Bonchev–Trinajstić information content (AvgIpc) is 2.86. The largest absolute Gasteiger partial charge is 0.484 e. The van der Waals surface area contributed by atoms with Crippen LogP contribution in [0.15, 0.2) is 118 Å². The summed E-state index contributed by atoms with van der Waals surface area (Å²) in [6.45, 7) is 1.72. The summed E-state index contributed by atoms with van der Waals surface area (Å²) in [5.74, 6) is 0.0743. The van der Waals surface area contributed by atoms with Gasteiger partial charge in [0.25, 0.3) is 15.9 Å². The molecule has 0 saturated carbocycles. The number of ether oxygens (including phenoxy) is 1. The van der Waals surface area contributed by atoms with E-state index in [2.05, 4.69) is 10.0 Å². The number of aryl methyl sites for hydroxylation is 1. The van der Waals surface area contributed by atoms with Crippen molar-refractivity contribution in [1.82, 2.24) is 0 Å². The van der Waals surface area contributed by atoms with Crippen LogP contribution < -0.4 is 14.8 Å². The number of nitrogens with one attached hydrogen (secondary N) is 2. The Morgan fingerprint density at radius 1 is 0.829 bits per heavy atom. The maximum atomic E-state index is 12.6. The topological polar surface area (TPSA) is 84.5 Å². The van der Waals surface area contributed by atoms with Gasteiger partial charge in [0.2, 0.25) is 0 Å². The number of amides is 1. The summed E-state index contributed by atoms with van der Waals surface area (Å²) in [6.07, 6.45) is 0. The van der Waals surface area contributed by atoms with E-state index >= 15 is 0 Å². The molecule has 178 valence electrons. The smallest absolute Gasteiger partial charge is 0.262 e. The molecule has 4 rings (SSSR count). The zero-order valence-electron chi connectivity index (χ0n) is 19.0. The molecule has 2 N–H and O–H groups in total. The highest BCUT2D eigenvalue weighted by Gasteiger charge is 2.15. The Balaban J connectivity index is 1.34. The van der Waals surface area contributed by atoms with E-state index in [1.807, 2.05) is 73.7 Å². The molecule has 0 radical (unpaired) electrons. The number of hydrogen-bond acceptors (Lipinski definition) is 5. The number of carbonyl (C=O) groups is 1. The molecule has 4 aromatic carbocycles. The van der Waals surface area contributed by atoms with Crippen LogP contribution in [0.3, 0.4) is 0 Å². The van der Waals surface area contributed by atoms with E-state index in [1.165, 1.54) is 24.3 Å². The summed E-state index contributed by atoms with van der Waals surface area (Å²) in [4.78, 5) is 14.6. The van der Waals surface area contributed by atoms with Crippen molar-refractivity contribution in [1.29, 1.82) is 0 Å². The molecule has 1 amide bonds. The molecule has 8 heteroatoms. The third-order valence-corrected chi connectivity index (χ3v) is 7.42. The first-order chi connectivity index (χ1) is 16.9. The molecule has 35 heavy (non-hydrogen) atoms. The Morgan fingerprint density at radius 2 is 1.49 bits per heavy atom. The maximum Gasteiger partial charge on any atom is 0.262 e. The van der Waals surface area contributed by atoms with Gasteiger partial charge in [-0.1, -0.05) is 59.8 Å². The Hall–Kier alpha value is -3.75. The van der Waals surface area contributed by atoms with Crippen LogP contribution in [0.2, 0.25) is 0 Å². The summed E-state index contributed by atoms with van der Waals surface area (Å²) in [6, 6.07) is 30.5. The van der Waals surface area contributed by atoms with Crippen molar-refractivity contribution in [2.45, 2.75) is 21.6 Å². The molecule has 0 unspecified atom stereocenters. The lowest BCUT2D eigenvalue weighted by atomic mass is 10.2. The fourth-order valence-electron chi connectivity index (χ4n) is 3.16. The number of benzene rings is 4. The SMILES string of the molecule is Cc1ccc(NS(=O)(=O)c2ccc(OCC(=O)Nc3ccccc3Sc3ccccc3)cc2)cc1. The minimum atomic E-state index is -3.73. The first kappa shape index (κ1) is 24.4. The summed E-state index contributed by atoms with van der Waals surface area (Å²) >= 11 is 1.56. The van der Waals surface area contributed by atoms with Gasteiger partial charge in [-0.2, -0.15) is 0 Å². The molecule has 0 heterocycles. The number of sulfonamides is 1. The molecule has 0 saturated heterocycles. The number of carbonyl (C=O) groups excluding carboxylic acids is 1. The third-order valence-electron chi connectivity index (χ3n) is 4.94. The van der Waals surface area contributed by atoms with Crippen molar-refractivity contribution in [2.75, 3.05) is 16.6 Å². The van der Waals surface area contributed by atoms with E-state index in [0.29, 0.717) is 17.1 Å². The van der Waals surface area contributed by atoms with Crippen molar-refractivity contribution in [3.05, 3.63) is 109 Å². The van der Waals surface area contributed by atoms with Crippen LogP contribution in [0.1, 0.15) is 5.56 Å². The minimum Gasteiger partial charge on any atom is -0.484 e. The average molecular weight is 505 g/mol. The lowest BCUT2D eigenvalue weighted by Gasteiger charge is -2.12. The predicted molar refractivity (Wildman–Crippen MR) is 140 cm³/mol. The highest BCUT2D eigenvalue weighted by atomic mass is 32.2. The van der Waals surface area contributed by atoms with Crippen LogP contribution in [0, 0.1) is 6.92 Å². The van der Waals surface area contributed by atoms with Gasteiger partial charge in [-0.15, -0.1) is 0 Å². The normalized spacial score (nSPS) is 11.0. The number of hydrogen-bond donors (Lipinski definition) is 2. The van der Waals surface area contributed by atoms with Crippen LogP contribution in [-0.4, -0.2) is 20.9 Å². The third kappa shape index (κ3) is 6.88. The molecule has 4 aromatic rings. The first-order valence-electron chi connectivity index (χ1n) is 10.8. The van der Waals surface area contributed by atoms with Crippen molar-refractivity contribution < 1.29 is 17.9 Å². The van der Waals surface area contributed by atoms with Gasteiger partial charge in [0.1, 0.15) is 5.75 Å². The molecule has 0 atom stereocenters. The van der Waals surface area contributed by atoms with E-state index in [4.69, 9.17) is 4.74 Å². The Bertz CT molecular complexity index is 1390. The Morgan fingerprint density at radius 3 is 2.20 bits per heavy atom.